The van der Waals surface area contributed by atoms with E-state index < -0.39 is 28.9 Å². The van der Waals surface area contributed by atoms with Gasteiger partial charge in [0.05, 0.1) is 18.1 Å². The maximum absolute atomic E-state index is 13.2. The number of nitrogens with one attached hydrogen (secondary N) is 1. The van der Waals surface area contributed by atoms with Crippen LogP contribution in [0.15, 0.2) is 42.5 Å². The molecule has 0 aromatic heterocycles. The average Bonchev–Trinajstić information content (AvgIpc) is 2.65. The van der Waals surface area contributed by atoms with E-state index in [1.165, 1.54) is 0 Å². The summed E-state index contributed by atoms with van der Waals surface area (Å²) in [6.07, 6.45) is 0. The predicted molar refractivity (Wildman–Crippen MR) is 94.7 cm³/mol. The zero-order chi connectivity index (χ0) is 19.6. The lowest BCUT2D eigenvalue weighted by Crippen LogP contribution is -2.32. The van der Waals surface area contributed by atoms with Crippen molar-refractivity contribution >= 4 is 11.6 Å². The highest BCUT2D eigenvalue weighted by Gasteiger charge is 2.16. The van der Waals surface area contributed by atoms with E-state index in [4.69, 9.17) is 14.2 Å². The standard InChI is InChI=1S/C18H19FN2O6/c1-2-25-14-4-6-15(7-5-14)26-10-9-20-18(22)12-27-17-11-13(19)3-8-16(17)21(23)24/h3-8,11H,2,9-10,12H2,1H3,(H,20,22). The molecule has 0 saturated carbocycles. The normalized spacial score (nSPS) is 10.1. The number of benzene rings is 2. The molecule has 1 amide bonds. The van der Waals surface area contributed by atoms with Crippen molar-refractivity contribution < 1.29 is 28.3 Å². The van der Waals surface area contributed by atoms with E-state index in [0.29, 0.717) is 12.4 Å². The molecular weight excluding hydrogens is 359 g/mol. The minimum atomic E-state index is -0.711. The van der Waals surface area contributed by atoms with Gasteiger partial charge in [-0.1, -0.05) is 0 Å². The van der Waals surface area contributed by atoms with Crippen LogP contribution >= 0.6 is 0 Å². The Bertz CT molecular complexity index is 782. The van der Waals surface area contributed by atoms with E-state index in [9.17, 15) is 19.3 Å². The smallest absolute Gasteiger partial charge is 0.311 e. The number of carbonyl (C=O) groups is 1. The molecule has 0 bridgehead atoms. The number of rotatable bonds is 10. The van der Waals surface area contributed by atoms with Crippen LogP contribution in [0.25, 0.3) is 0 Å². The van der Waals surface area contributed by atoms with Gasteiger partial charge in [-0.25, -0.2) is 4.39 Å². The van der Waals surface area contributed by atoms with Crippen molar-refractivity contribution in [3.63, 3.8) is 0 Å². The third-order valence-electron chi connectivity index (χ3n) is 3.31. The fourth-order valence-electron chi connectivity index (χ4n) is 2.11. The zero-order valence-corrected chi connectivity index (χ0v) is 14.6. The van der Waals surface area contributed by atoms with Crippen LogP contribution in [0.2, 0.25) is 0 Å². The minimum Gasteiger partial charge on any atom is -0.494 e. The van der Waals surface area contributed by atoms with Gasteiger partial charge in [0, 0.05) is 12.1 Å². The van der Waals surface area contributed by atoms with Crippen molar-refractivity contribution in [1.82, 2.24) is 5.32 Å². The molecule has 0 unspecified atom stereocenters. The Morgan fingerprint density at radius 2 is 1.78 bits per heavy atom. The van der Waals surface area contributed by atoms with E-state index >= 15 is 0 Å². The molecule has 0 atom stereocenters. The van der Waals surface area contributed by atoms with Gasteiger partial charge in [0.1, 0.15) is 23.9 Å². The summed E-state index contributed by atoms with van der Waals surface area (Å²) in [6, 6.07) is 9.84. The second-order valence-corrected chi connectivity index (χ2v) is 5.26. The van der Waals surface area contributed by atoms with Gasteiger partial charge in [0.15, 0.2) is 6.61 Å². The minimum absolute atomic E-state index is 0.209. The molecule has 0 saturated heterocycles. The summed E-state index contributed by atoms with van der Waals surface area (Å²) in [4.78, 5) is 21.9. The maximum Gasteiger partial charge on any atom is 0.311 e. The quantitative estimate of drug-likeness (QED) is 0.388. The number of nitro groups is 1. The van der Waals surface area contributed by atoms with Crippen molar-refractivity contribution in [1.29, 1.82) is 0 Å². The Balaban J connectivity index is 1.72. The molecule has 0 heterocycles. The molecule has 2 aromatic carbocycles. The molecule has 0 aliphatic rings. The van der Waals surface area contributed by atoms with Gasteiger partial charge in [-0.3, -0.25) is 14.9 Å². The van der Waals surface area contributed by atoms with E-state index in [2.05, 4.69) is 5.32 Å². The van der Waals surface area contributed by atoms with Crippen LogP contribution in [0.4, 0.5) is 10.1 Å². The molecule has 0 fully saturated rings. The number of nitro benzene ring substituents is 1. The van der Waals surface area contributed by atoms with Crippen molar-refractivity contribution in [2.24, 2.45) is 0 Å². The first-order valence-electron chi connectivity index (χ1n) is 8.18. The summed E-state index contributed by atoms with van der Waals surface area (Å²) in [5.41, 5.74) is -0.414. The molecule has 8 nitrogen and oxygen atoms in total. The van der Waals surface area contributed by atoms with E-state index in [-0.39, 0.29) is 18.9 Å². The van der Waals surface area contributed by atoms with Gasteiger partial charge < -0.3 is 19.5 Å². The van der Waals surface area contributed by atoms with Crippen molar-refractivity contribution in [3.8, 4) is 17.2 Å². The number of halogens is 1. The highest BCUT2D eigenvalue weighted by atomic mass is 19.1. The van der Waals surface area contributed by atoms with E-state index in [1.807, 2.05) is 6.92 Å². The van der Waals surface area contributed by atoms with Crippen LogP contribution in [0, 0.1) is 15.9 Å². The lowest BCUT2D eigenvalue weighted by Gasteiger charge is -2.10. The summed E-state index contributed by atoms with van der Waals surface area (Å²) in [5.74, 6) is -0.148. The topological polar surface area (TPSA) is 99.9 Å². The lowest BCUT2D eigenvalue weighted by atomic mass is 10.3. The molecule has 144 valence electrons. The zero-order valence-electron chi connectivity index (χ0n) is 14.6. The first kappa shape index (κ1) is 20.0. The van der Waals surface area contributed by atoms with Crippen molar-refractivity contribution in [2.75, 3.05) is 26.4 Å². The number of nitrogens with zero attached hydrogens (tertiary/aromatic N) is 1. The highest BCUT2D eigenvalue weighted by molar-refractivity contribution is 5.77. The molecule has 2 aromatic rings. The van der Waals surface area contributed by atoms with Gasteiger partial charge in [0.2, 0.25) is 5.75 Å². The number of hydrogen-bond donors (Lipinski definition) is 1. The van der Waals surface area contributed by atoms with Crippen LogP contribution in [0.1, 0.15) is 6.92 Å². The summed E-state index contributed by atoms with van der Waals surface area (Å²) < 4.78 is 29.0. The molecule has 0 radical (unpaired) electrons. The van der Waals surface area contributed by atoms with Gasteiger partial charge in [0.25, 0.3) is 5.91 Å². The second-order valence-electron chi connectivity index (χ2n) is 5.26. The Morgan fingerprint density at radius 1 is 1.11 bits per heavy atom. The third kappa shape index (κ3) is 6.46. The highest BCUT2D eigenvalue weighted by Crippen LogP contribution is 2.27. The van der Waals surface area contributed by atoms with Gasteiger partial charge in [-0.05, 0) is 37.3 Å². The summed E-state index contributed by atoms with van der Waals surface area (Å²) in [7, 11) is 0. The van der Waals surface area contributed by atoms with Crippen molar-refractivity contribution in [3.05, 3.63) is 58.4 Å². The van der Waals surface area contributed by atoms with Crippen LogP contribution < -0.4 is 19.5 Å². The number of ether oxygens (including phenoxy) is 3. The molecular formula is C18H19FN2O6. The second kappa shape index (κ2) is 9.95. The first-order chi connectivity index (χ1) is 13.0. The van der Waals surface area contributed by atoms with Gasteiger partial charge >= 0.3 is 5.69 Å². The number of carbonyl (C=O) groups excluding carboxylic acids is 1. The van der Waals surface area contributed by atoms with Crippen LogP contribution in [0.5, 0.6) is 17.2 Å². The first-order valence-corrected chi connectivity index (χ1v) is 8.18. The maximum atomic E-state index is 13.2. The van der Waals surface area contributed by atoms with E-state index in [0.717, 1.165) is 23.9 Å². The van der Waals surface area contributed by atoms with Crippen LogP contribution in [-0.4, -0.2) is 37.2 Å². The number of hydrogen-bond acceptors (Lipinski definition) is 6. The third-order valence-corrected chi connectivity index (χ3v) is 3.31. The SMILES string of the molecule is CCOc1ccc(OCCNC(=O)COc2cc(F)ccc2[N+](=O)[O-])cc1. The lowest BCUT2D eigenvalue weighted by molar-refractivity contribution is -0.385. The van der Waals surface area contributed by atoms with Gasteiger partial charge in [-0.2, -0.15) is 0 Å². The predicted octanol–water partition coefficient (Wildman–Crippen LogP) is 2.71. The van der Waals surface area contributed by atoms with E-state index in [1.54, 1.807) is 24.3 Å². The van der Waals surface area contributed by atoms with Crippen molar-refractivity contribution in [2.45, 2.75) is 6.92 Å². The largest absolute Gasteiger partial charge is 0.494 e. The summed E-state index contributed by atoms with van der Waals surface area (Å²) in [6.45, 7) is 2.42. The Labute approximate surface area is 155 Å². The summed E-state index contributed by atoms with van der Waals surface area (Å²) >= 11 is 0. The fraction of sp³-hybridized carbons (Fsp3) is 0.278. The molecule has 27 heavy (non-hydrogen) atoms. The molecule has 0 aliphatic carbocycles. The molecule has 0 spiro atoms. The monoisotopic (exact) mass is 378 g/mol. The fourth-order valence-corrected chi connectivity index (χ4v) is 2.11. The Hall–Kier alpha value is -3.36. The molecule has 9 heteroatoms. The Kier molecular flexibility index (Phi) is 7.36. The van der Waals surface area contributed by atoms with Crippen LogP contribution in [-0.2, 0) is 4.79 Å². The Morgan fingerprint density at radius 3 is 2.41 bits per heavy atom. The average molecular weight is 378 g/mol. The molecule has 1 N–H and O–H groups in total. The molecule has 2 rings (SSSR count). The van der Waals surface area contributed by atoms with Gasteiger partial charge in [-0.15, -0.1) is 0 Å². The summed E-state index contributed by atoms with van der Waals surface area (Å²) in [5, 5.41) is 13.4. The molecule has 0 aliphatic heterocycles. The van der Waals surface area contributed by atoms with Crippen LogP contribution in [0.3, 0.4) is 0 Å². The number of amides is 1.